The van der Waals surface area contributed by atoms with Crippen molar-refractivity contribution >= 4 is 17.6 Å². The lowest BCUT2D eigenvalue weighted by atomic mass is 10.2. The Labute approximate surface area is 164 Å². The second kappa shape index (κ2) is 10.4. The molecule has 0 spiro atoms. The summed E-state index contributed by atoms with van der Waals surface area (Å²) in [5.41, 5.74) is 2.11. The molecule has 1 aliphatic rings. The molecule has 1 aliphatic heterocycles. The van der Waals surface area contributed by atoms with Gasteiger partial charge in [-0.05, 0) is 17.2 Å². The Morgan fingerprint density at radius 2 is 1.93 bits per heavy atom. The summed E-state index contributed by atoms with van der Waals surface area (Å²) in [6, 6.07) is 17.7. The second-order valence-electron chi connectivity index (χ2n) is 6.48. The number of carbonyl (C=O) groups is 1. The number of halogens is 1. The van der Waals surface area contributed by atoms with Crippen LogP contribution in [-0.4, -0.2) is 49.9 Å². The molecule has 6 heteroatoms. The lowest BCUT2D eigenvalue weighted by molar-refractivity contribution is -0.156. The number of carbonyl (C=O) groups excluding carboxylic acids is 1. The Morgan fingerprint density at radius 1 is 1.15 bits per heavy atom. The van der Waals surface area contributed by atoms with Gasteiger partial charge in [-0.1, -0.05) is 60.1 Å². The van der Waals surface area contributed by atoms with E-state index in [1.165, 1.54) is 5.56 Å². The highest BCUT2D eigenvalue weighted by Gasteiger charge is 2.22. The summed E-state index contributed by atoms with van der Waals surface area (Å²) in [4.78, 5) is 14.2. The molecule has 0 radical (unpaired) electrons. The minimum atomic E-state index is -0.397. The van der Waals surface area contributed by atoms with E-state index in [2.05, 4.69) is 17.0 Å². The number of ether oxygens (including phenoxy) is 3. The summed E-state index contributed by atoms with van der Waals surface area (Å²) in [7, 11) is 0. The van der Waals surface area contributed by atoms with Crippen LogP contribution in [0.4, 0.5) is 0 Å². The van der Waals surface area contributed by atoms with Gasteiger partial charge in [0, 0.05) is 24.7 Å². The first-order chi connectivity index (χ1) is 13.2. The van der Waals surface area contributed by atoms with Crippen molar-refractivity contribution in [2.75, 3.05) is 32.9 Å². The molecule has 5 nitrogen and oxygen atoms in total. The van der Waals surface area contributed by atoms with Gasteiger partial charge >= 0.3 is 5.97 Å². The van der Waals surface area contributed by atoms with E-state index in [9.17, 15) is 4.79 Å². The third kappa shape index (κ3) is 6.63. The maximum Gasteiger partial charge on any atom is 0.332 e. The molecular weight excluding hydrogens is 366 g/mol. The molecule has 0 aliphatic carbocycles. The van der Waals surface area contributed by atoms with E-state index < -0.39 is 5.97 Å². The Bertz CT molecular complexity index is 725. The van der Waals surface area contributed by atoms with E-state index in [4.69, 9.17) is 25.8 Å². The summed E-state index contributed by atoms with van der Waals surface area (Å²) >= 11 is 6.06. The SMILES string of the molecule is O=C(COCc1ccccc1Cl)OCC1CN(Cc2ccccc2)CCO1. The van der Waals surface area contributed by atoms with Crippen molar-refractivity contribution in [2.45, 2.75) is 19.3 Å². The van der Waals surface area contributed by atoms with Gasteiger partial charge < -0.3 is 14.2 Å². The maximum atomic E-state index is 11.9. The second-order valence-corrected chi connectivity index (χ2v) is 6.89. The van der Waals surface area contributed by atoms with Crippen LogP contribution in [0, 0.1) is 0 Å². The molecule has 0 bridgehead atoms. The molecule has 1 heterocycles. The number of nitrogens with zero attached hydrogens (tertiary/aromatic N) is 1. The lowest BCUT2D eigenvalue weighted by Gasteiger charge is -2.32. The van der Waals surface area contributed by atoms with Crippen molar-refractivity contribution in [1.29, 1.82) is 0 Å². The minimum Gasteiger partial charge on any atom is -0.461 e. The van der Waals surface area contributed by atoms with Gasteiger partial charge in [0.05, 0.1) is 13.2 Å². The molecule has 2 aromatic carbocycles. The van der Waals surface area contributed by atoms with Crippen LogP contribution in [0.25, 0.3) is 0 Å². The summed E-state index contributed by atoms with van der Waals surface area (Å²) in [5.74, 6) is -0.397. The van der Waals surface area contributed by atoms with Crippen LogP contribution >= 0.6 is 11.6 Å². The molecule has 1 saturated heterocycles. The average Bonchev–Trinajstić information content (AvgIpc) is 2.69. The number of rotatable bonds is 8. The quantitative estimate of drug-likeness (QED) is 0.648. The van der Waals surface area contributed by atoms with Crippen LogP contribution < -0.4 is 0 Å². The maximum absolute atomic E-state index is 11.9. The zero-order valence-corrected chi connectivity index (χ0v) is 15.9. The van der Waals surface area contributed by atoms with Crippen LogP contribution in [0.3, 0.4) is 0 Å². The molecule has 1 fully saturated rings. The highest BCUT2D eigenvalue weighted by atomic mass is 35.5. The van der Waals surface area contributed by atoms with Crippen molar-refractivity contribution in [1.82, 2.24) is 4.90 Å². The predicted molar refractivity (Wildman–Crippen MR) is 104 cm³/mol. The smallest absolute Gasteiger partial charge is 0.332 e. The highest BCUT2D eigenvalue weighted by Crippen LogP contribution is 2.15. The number of morpholine rings is 1. The molecule has 144 valence electrons. The molecule has 1 unspecified atom stereocenters. The first kappa shape index (κ1) is 19.8. The van der Waals surface area contributed by atoms with Gasteiger partial charge in [-0.25, -0.2) is 4.79 Å². The number of hydrogen-bond acceptors (Lipinski definition) is 5. The fourth-order valence-corrected chi connectivity index (χ4v) is 3.14. The van der Waals surface area contributed by atoms with E-state index in [1.807, 2.05) is 36.4 Å². The van der Waals surface area contributed by atoms with E-state index in [-0.39, 0.29) is 25.9 Å². The summed E-state index contributed by atoms with van der Waals surface area (Å²) in [5, 5.41) is 0.625. The topological polar surface area (TPSA) is 48.0 Å². The Kier molecular flexibility index (Phi) is 7.66. The fourth-order valence-electron chi connectivity index (χ4n) is 2.95. The molecule has 27 heavy (non-hydrogen) atoms. The molecular formula is C21H24ClNO4. The summed E-state index contributed by atoms with van der Waals surface area (Å²) < 4.78 is 16.4. The van der Waals surface area contributed by atoms with E-state index >= 15 is 0 Å². The predicted octanol–water partition coefficient (Wildman–Crippen LogP) is 3.30. The Morgan fingerprint density at radius 3 is 2.74 bits per heavy atom. The third-order valence-corrected chi connectivity index (χ3v) is 4.71. The molecule has 0 N–H and O–H groups in total. The largest absolute Gasteiger partial charge is 0.461 e. The van der Waals surface area contributed by atoms with Gasteiger partial charge in [0.15, 0.2) is 0 Å². The van der Waals surface area contributed by atoms with E-state index in [1.54, 1.807) is 6.07 Å². The zero-order valence-electron chi connectivity index (χ0n) is 15.2. The molecule has 1 atom stereocenters. The van der Waals surface area contributed by atoms with Crippen molar-refractivity contribution in [2.24, 2.45) is 0 Å². The van der Waals surface area contributed by atoms with Gasteiger partial charge in [0.2, 0.25) is 0 Å². The summed E-state index contributed by atoms with van der Waals surface area (Å²) in [6.07, 6.45) is -0.116. The third-order valence-electron chi connectivity index (χ3n) is 4.34. The Hall–Kier alpha value is -1.92. The standard InChI is InChI=1S/C21H24ClNO4/c22-20-9-5-4-8-18(20)14-25-16-21(24)27-15-19-13-23(10-11-26-19)12-17-6-2-1-3-7-17/h1-9,19H,10-16H2. The van der Waals surface area contributed by atoms with Gasteiger partial charge in [-0.15, -0.1) is 0 Å². The van der Waals surface area contributed by atoms with Crippen LogP contribution in [-0.2, 0) is 32.2 Å². The van der Waals surface area contributed by atoms with E-state index in [0.29, 0.717) is 11.6 Å². The number of benzene rings is 2. The minimum absolute atomic E-state index is 0.105. The van der Waals surface area contributed by atoms with Crippen molar-refractivity contribution in [3.63, 3.8) is 0 Å². The first-order valence-corrected chi connectivity index (χ1v) is 9.43. The lowest BCUT2D eigenvalue weighted by Crippen LogP contribution is -2.44. The number of esters is 1. The molecule has 0 saturated carbocycles. The van der Waals surface area contributed by atoms with Gasteiger partial charge in [0.25, 0.3) is 0 Å². The molecule has 0 amide bonds. The summed E-state index contributed by atoms with van der Waals surface area (Å²) in [6.45, 7) is 3.53. The average molecular weight is 390 g/mol. The van der Waals surface area contributed by atoms with Crippen LogP contribution in [0.5, 0.6) is 0 Å². The van der Waals surface area contributed by atoms with Crippen LogP contribution in [0.15, 0.2) is 54.6 Å². The van der Waals surface area contributed by atoms with Crippen LogP contribution in [0.1, 0.15) is 11.1 Å². The fraction of sp³-hybridized carbons (Fsp3) is 0.381. The Balaban J connectivity index is 1.35. The molecule has 2 aromatic rings. The van der Waals surface area contributed by atoms with Crippen molar-refractivity contribution < 1.29 is 19.0 Å². The zero-order chi connectivity index (χ0) is 18.9. The van der Waals surface area contributed by atoms with Crippen molar-refractivity contribution in [3.05, 3.63) is 70.7 Å². The van der Waals surface area contributed by atoms with Crippen molar-refractivity contribution in [3.8, 4) is 0 Å². The van der Waals surface area contributed by atoms with E-state index in [0.717, 1.165) is 25.2 Å². The number of hydrogen-bond donors (Lipinski definition) is 0. The monoisotopic (exact) mass is 389 g/mol. The molecule has 0 aromatic heterocycles. The van der Waals surface area contributed by atoms with Gasteiger partial charge in [-0.3, -0.25) is 4.90 Å². The first-order valence-electron chi connectivity index (χ1n) is 9.05. The normalized spacial score (nSPS) is 17.6. The van der Waals surface area contributed by atoms with Gasteiger partial charge in [0.1, 0.15) is 19.3 Å². The van der Waals surface area contributed by atoms with Gasteiger partial charge in [-0.2, -0.15) is 0 Å². The van der Waals surface area contributed by atoms with Crippen LogP contribution in [0.2, 0.25) is 5.02 Å². The highest BCUT2D eigenvalue weighted by molar-refractivity contribution is 6.31. The molecule has 3 rings (SSSR count).